The van der Waals surface area contributed by atoms with Gasteiger partial charge in [0.1, 0.15) is 11.5 Å². The van der Waals surface area contributed by atoms with Crippen LogP contribution >= 0.6 is 12.6 Å². The van der Waals surface area contributed by atoms with Crippen molar-refractivity contribution >= 4 is 23.7 Å². The molecule has 4 rings (SSSR count). The zero-order chi connectivity index (χ0) is 19.6. The number of nitrogens with zero attached hydrogens (tertiary/aromatic N) is 3. The lowest BCUT2D eigenvalue weighted by molar-refractivity contribution is 0.595. The second kappa shape index (κ2) is 5.95. The summed E-state index contributed by atoms with van der Waals surface area (Å²) >= 11 is 4.39. The molecule has 0 N–H and O–H groups in total. The van der Waals surface area contributed by atoms with Gasteiger partial charge in [-0.25, -0.2) is 13.8 Å². The highest BCUT2D eigenvalue weighted by atomic mass is 32.1. The lowest BCUT2D eigenvalue weighted by Gasteiger charge is -2.18. The SMILES string of the molecule is Cc1ccc(-n2c(=O)n(C3CC3)c(=O)c3c(S)c(C)c(=O)n(C)c32)c(F)c1. The van der Waals surface area contributed by atoms with E-state index in [1.807, 2.05) is 0 Å². The van der Waals surface area contributed by atoms with Crippen LogP contribution in [0.25, 0.3) is 16.7 Å². The summed E-state index contributed by atoms with van der Waals surface area (Å²) in [5, 5.41) is 0.143. The van der Waals surface area contributed by atoms with Gasteiger partial charge in [-0.2, -0.15) is 0 Å². The van der Waals surface area contributed by atoms with Gasteiger partial charge >= 0.3 is 5.69 Å². The molecule has 6 nitrogen and oxygen atoms in total. The number of rotatable bonds is 2. The Morgan fingerprint density at radius 3 is 2.37 bits per heavy atom. The Labute approximate surface area is 158 Å². The molecule has 0 atom stereocenters. The zero-order valence-electron chi connectivity index (χ0n) is 15.1. The molecule has 0 aliphatic heterocycles. The molecule has 1 aliphatic carbocycles. The molecule has 0 radical (unpaired) electrons. The van der Waals surface area contributed by atoms with Crippen molar-refractivity contribution < 1.29 is 4.39 Å². The highest BCUT2D eigenvalue weighted by Crippen LogP contribution is 2.33. The first-order valence-corrected chi connectivity index (χ1v) is 9.05. The Hall–Kier alpha value is -2.61. The quantitative estimate of drug-likeness (QED) is 0.686. The third-order valence-electron chi connectivity index (χ3n) is 5.06. The number of fused-ring (bicyclic) bond motifs is 1. The molecule has 2 heterocycles. The van der Waals surface area contributed by atoms with Crippen LogP contribution in [0.2, 0.25) is 0 Å². The van der Waals surface area contributed by atoms with E-state index in [9.17, 15) is 18.8 Å². The number of halogens is 1. The van der Waals surface area contributed by atoms with Gasteiger partial charge in [0.15, 0.2) is 0 Å². The smallest absolute Gasteiger partial charge is 0.296 e. The van der Waals surface area contributed by atoms with Crippen molar-refractivity contribution in [1.29, 1.82) is 0 Å². The van der Waals surface area contributed by atoms with E-state index in [1.165, 1.54) is 23.7 Å². The molecule has 1 saturated carbocycles. The Morgan fingerprint density at radius 2 is 1.78 bits per heavy atom. The number of benzene rings is 1. The molecule has 1 aromatic carbocycles. The van der Waals surface area contributed by atoms with Crippen LogP contribution in [0.15, 0.2) is 37.5 Å². The van der Waals surface area contributed by atoms with E-state index >= 15 is 0 Å². The summed E-state index contributed by atoms with van der Waals surface area (Å²) in [6, 6.07) is 4.26. The van der Waals surface area contributed by atoms with Gasteiger partial charge in [-0.05, 0) is 44.4 Å². The maximum absolute atomic E-state index is 14.8. The number of pyridine rings is 1. The van der Waals surface area contributed by atoms with Crippen molar-refractivity contribution in [2.24, 2.45) is 7.05 Å². The molecule has 8 heteroatoms. The van der Waals surface area contributed by atoms with Gasteiger partial charge in [-0.1, -0.05) is 6.07 Å². The van der Waals surface area contributed by atoms with Crippen LogP contribution in [0.4, 0.5) is 4.39 Å². The zero-order valence-corrected chi connectivity index (χ0v) is 16.0. The van der Waals surface area contributed by atoms with E-state index in [2.05, 4.69) is 12.6 Å². The third-order valence-corrected chi connectivity index (χ3v) is 5.62. The summed E-state index contributed by atoms with van der Waals surface area (Å²) in [6.07, 6.45) is 1.42. The molecule has 0 spiro atoms. The van der Waals surface area contributed by atoms with Gasteiger partial charge < -0.3 is 0 Å². The minimum atomic E-state index is -0.649. The lowest BCUT2D eigenvalue weighted by atomic mass is 10.2. The maximum atomic E-state index is 14.8. The number of aromatic nitrogens is 3. The largest absolute Gasteiger partial charge is 0.337 e. The summed E-state index contributed by atoms with van der Waals surface area (Å²) in [5.41, 5.74) is -0.487. The van der Waals surface area contributed by atoms with E-state index in [0.29, 0.717) is 24.0 Å². The summed E-state index contributed by atoms with van der Waals surface area (Å²) in [4.78, 5) is 39.1. The van der Waals surface area contributed by atoms with E-state index in [0.717, 1.165) is 9.13 Å². The van der Waals surface area contributed by atoms with Crippen molar-refractivity contribution in [3.05, 3.63) is 66.3 Å². The molecule has 0 bridgehead atoms. The van der Waals surface area contributed by atoms with Crippen LogP contribution in [-0.4, -0.2) is 13.7 Å². The Balaban J connectivity index is 2.33. The first-order chi connectivity index (χ1) is 12.7. The van der Waals surface area contributed by atoms with Crippen LogP contribution in [0.3, 0.4) is 0 Å². The monoisotopic (exact) mass is 387 g/mol. The van der Waals surface area contributed by atoms with E-state index < -0.39 is 22.6 Å². The van der Waals surface area contributed by atoms with Crippen molar-refractivity contribution in [2.45, 2.75) is 37.6 Å². The standard InChI is InChI=1S/C19H18FN3O3S/c1-9-4-7-13(12(20)8-9)23-16-14(15(27)10(2)17(24)21(16)3)18(25)22(19(23)26)11-5-6-11/h4,7-8,11,27H,5-6H2,1-3H3. The van der Waals surface area contributed by atoms with Crippen molar-refractivity contribution in [1.82, 2.24) is 13.7 Å². The molecule has 0 unspecified atom stereocenters. The number of aryl methyl sites for hydroxylation is 2. The van der Waals surface area contributed by atoms with E-state index in [1.54, 1.807) is 19.9 Å². The predicted octanol–water partition coefficient (Wildman–Crippen LogP) is 2.23. The molecule has 0 amide bonds. The van der Waals surface area contributed by atoms with Gasteiger partial charge in [-0.3, -0.25) is 18.7 Å². The number of hydrogen-bond donors (Lipinski definition) is 1. The first kappa shape index (κ1) is 17.8. The van der Waals surface area contributed by atoms with Crippen LogP contribution < -0.4 is 16.8 Å². The fourth-order valence-electron chi connectivity index (χ4n) is 3.44. The van der Waals surface area contributed by atoms with Crippen LogP contribution in [0.5, 0.6) is 0 Å². The van der Waals surface area contributed by atoms with Gasteiger partial charge in [0.05, 0.1) is 11.1 Å². The van der Waals surface area contributed by atoms with Crippen molar-refractivity contribution in [3.63, 3.8) is 0 Å². The summed E-state index contributed by atoms with van der Waals surface area (Å²) in [5.74, 6) is -0.604. The van der Waals surface area contributed by atoms with Gasteiger partial charge in [-0.15, -0.1) is 12.6 Å². The average molecular weight is 387 g/mol. The third kappa shape index (κ3) is 2.50. The topological polar surface area (TPSA) is 66.0 Å². The van der Waals surface area contributed by atoms with Gasteiger partial charge in [0.2, 0.25) is 0 Å². The Morgan fingerprint density at radius 1 is 1.11 bits per heavy atom. The minimum Gasteiger partial charge on any atom is -0.296 e. The molecule has 0 saturated heterocycles. The number of thiol groups is 1. The second-order valence-electron chi connectivity index (χ2n) is 7.02. The first-order valence-electron chi connectivity index (χ1n) is 8.60. The fourth-order valence-corrected chi connectivity index (χ4v) is 3.73. The minimum absolute atomic E-state index is 0.00316. The highest BCUT2D eigenvalue weighted by molar-refractivity contribution is 7.80. The molecule has 140 valence electrons. The Bertz CT molecular complexity index is 1300. The average Bonchev–Trinajstić information content (AvgIpc) is 3.43. The van der Waals surface area contributed by atoms with Crippen LogP contribution in [0, 0.1) is 19.7 Å². The lowest BCUT2D eigenvalue weighted by Crippen LogP contribution is -2.42. The Kier molecular flexibility index (Phi) is 3.92. The number of hydrogen-bond acceptors (Lipinski definition) is 4. The molecule has 1 fully saturated rings. The van der Waals surface area contributed by atoms with Crippen molar-refractivity contribution in [3.8, 4) is 5.69 Å². The molecular weight excluding hydrogens is 369 g/mol. The normalized spacial score (nSPS) is 14.1. The molecule has 3 aromatic rings. The molecule has 2 aromatic heterocycles. The maximum Gasteiger partial charge on any atom is 0.337 e. The van der Waals surface area contributed by atoms with Gasteiger partial charge in [0.25, 0.3) is 11.1 Å². The summed E-state index contributed by atoms with van der Waals surface area (Å²) in [7, 11) is 1.47. The summed E-state index contributed by atoms with van der Waals surface area (Å²) in [6.45, 7) is 3.32. The van der Waals surface area contributed by atoms with E-state index in [-0.39, 0.29) is 27.7 Å². The van der Waals surface area contributed by atoms with E-state index in [4.69, 9.17) is 0 Å². The summed E-state index contributed by atoms with van der Waals surface area (Å²) < 4.78 is 18.2. The molecular formula is C19H18FN3O3S. The fraction of sp³-hybridized carbons (Fsp3) is 0.316. The highest BCUT2D eigenvalue weighted by Gasteiger charge is 2.31. The molecule has 1 aliphatic rings. The van der Waals surface area contributed by atoms with Gasteiger partial charge in [0, 0.05) is 23.5 Å². The van der Waals surface area contributed by atoms with Crippen LogP contribution in [0.1, 0.15) is 30.0 Å². The van der Waals surface area contributed by atoms with Crippen molar-refractivity contribution in [2.75, 3.05) is 0 Å². The second-order valence-corrected chi connectivity index (χ2v) is 7.46. The molecule has 27 heavy (non-hydrogen) atoms. The predicted molar refractivity (Wildman–Crippen MR) is 104 cm³/mol. The van der Waals surface area contributed by atoms with Crippen LogP contribution in [-0.2, 0) is 7.05 Å².